The van der Waals surface area contributed by atoms with E-state index in [2.05, 4.69) is 16.2 Å². The molecule has 7 nitrogen and oxygen atoms in total. The number of benzene rings is 1. The van der Waals surface area contributed by atoms with Crippen LogP contribution in [-0.2, 0) is 4.79 Å². The van der Waals surface area contributed by atoms with Crippen LogP contribution in [0.15, 0.2) is 41.8 Å². The Morgan fingerprint density at radius 2 is 1.78 bits per heavy atom. The molecule has 0 aliphatic carbocycles. The average molecular weight is 389 g/mol. The molecule has 1 heterocycles. The van der Waals surface area contributed by atoms with Crippen LogP contribution in [0.5, 0.6) is 5.75 Å². The number of hydrazine groups is 1. The number of hydrogen-bond donors (Lipinski definition) is 3. The molecule has 27 heavy (non-hydrogen) atoms. The van der Waals surface area contributed by atoms with Gasteiger partial charge < -0.3 is 10.1 Å². The summed E-state index contributed by atoms with van der Waals surface area (Å²) < 4.78 is 5.46. The molecule has 0 saturated heterocycles. The lowest BCUT2D eigenvalue weighted by molar-refractivity contribution is -0.124. The van der Waals surface area contributed by atoms with Crippen molar-refractivity contribution in [2.75, 3.05) is 6.61 Å². The third-order valence-corrected chi connectivity index (χ3v) is 4.58. The van der Waals surface area contributed by atoms with Gasteiger partial charge in [-0.3, -0.25) is 25.2 Å². The van der Waals surface area contributed by atoms with Crippen LogP contribution >= 0.6 is 11.3 Å². The van der Waals surface area contributed by atoms with Crippen LogP contribution in [0.2, 0.25) is 0 Å². The van der Waals surface area contributed by atoms with E-state index in [1.807, 2.05) is 6.92 Å². The van der Waals surface area contributed by atoms with Crippen molar-refractivity contribution < 1.29 is 19.1 Å². The first-order chi connectivity index (χ1) is 12.9. The maximum Gasteiger partial charge on any atom is 0.279 e. The Kier molecular flexibility index (Phi) is 7.36. The van der Waals surface area contributed by atoms with E-state index in [0.29, 0.717) is 22.8 Å². The van der Waals surface area contributed by atoms with Gasteiger partial charge in [-0.15, -0.1) is 11.3 Å². The van der Waals surface area contributed by atoms with Gasteiger partial charge in [0.25, 0.3) is 17.7 Å². The van der Waals surface area contributed by atoms with Gasteiger partial charge in [-0.1, -0.05) is 32.0 Å². The van der Waals surface area contributed by atoms with Crippen molar-refractivity contribution in [3.63, 3.8) is 0 Å². The summed E-state index contributed by atoms with van der Waals surface area (Å²) in [6, 6.07) is 9.40. The number of hydrogen-bond acceptors (Lipinski definition) is 5. The normalized spacial score (nSPS) is 11.6. The molecule has 144 valence electrons. The van der Waals surface area contributed by atoms with E-state index in [1.54, 1.807) is 55.6 Å². The number of rotatable bonds is 7. The van der Waals surface area contributed by atoms with E-state index in [1.165, 1.54) is 11.3 Å². The van der Waals surface area contributed by atoms with Gasteiger partial charge in [0.1, 0.15) is 11.8 Å². The Bertz CT molecular complexity index is 790. The Balaban J connectivity index is 2.03. The molecule has 3 amide bonds. The number of ether oxygens (including phenoxy) is 1. The van der Waals surface area contributed by atoms with Gasteiger partial charge in [0.15, 0.2) is 0 Å². The van der Waals surface area contributed by atoms with Crippen LogP contribution in [0, 0.1) is 5.92 Å². The van der Waals surface area contributed by atoms with Gasteiger partial charge in [0.05, 0.1) is 17.0 Å². The lowest BCUT2D eigenvalue weighted by atomic mass is 10.0. The minimum atomic E-state index is -0.823. The van der Waals surface area contributed by atoms with E-state index in [4.69, 9.17) is 4.74 Å². The molecule has 8 heteroatoms. The van der Waals surface area contributed by atoms with Gasteiger partial charge in [-0.25, -0.2) is 0 Å². The van der Waals surface area contributed by atoms with Crippen molar-refractivity contribution in [3.8, 4) is 5.75 Å². The van der Waals surface area contributed by atoms with Gasteiger partial charge in [-0.2, -0.15) is 0 Å². The van der Waals surface area contributed by atoms with Crippen LogP contribution < -0.4 is 20.9 Å². The molecule has 0 aliphatic rings. The van der Waals surface area contributed by atoms with E-state index >= 15 is 0 Å². The highest BCUT2D eigenvalue weighted by Gasteiger charge is 2.26. The van der Waals surface area contributed by atoms with E-state index in [0.717, 1.165) is 0 Å². The highest BCUT2D eigenvalue weighted by Crippen LogP contribution is 2.18. The molecule has 3 N–H and O–H groups in total. The molecule has 0 fully saturated rings. The summed E-state index contributed by atoms with van der Waals surface area (Å²) in [5, 5.41) is 4.48. The molecule has 0 saturated carbocycles. The molecule has 0 bridgehead atoms. The Morgan fingerprint density at radius 1 is 1.04 bits per heavy atom. The molecule has 2 rings (SSSR count). The Morgan fingerprint density at radius 3 is 2.41 bits per heavy atom. The maximum absolute atomic E-state index is 12.6. The minimum absolute atomic E-state index is 0.188. The zero-order chi connectivity index (χ0) is 19.8. The maximum atomic E-state index is 12.6. The summed E-state index contributed by atoms with van der Waals surface area (Å²) in [6.45, 7) is 5.86. The number of carbonyl (C=O) groups is 3. The zero-order valence-corrected chi connectivity index (χ0v) is 16.3. The predicted molar refractivity (Wildman–Crippen MR) is 104 cm³/mol. The number of nitrogens with one attached hydrogen (secondary N) is 3. The minimum Gasteiger partial charge on any atom is -0.493 e. The zero-order valence-electron chi connectivity index (χ0n) is 15.4. The second-order valence-corrected chi connectivity index (χ2v) is 6.99. The largest absolute Gasteiger partial charge is 0.493 e. The van der Waals surface area contributed by atoms with Crippen LogP contribution in [0.25, 0.3) is 0 Å². The first-order valence-electron chi connectivity index (χ1n) is 8.60. The van der Waals surface area contributed by atoms with Crippen molar-refractivity contribution in [3.05, 3.63) is 52.2 Å². The monoisotopic (exact) mass is 389 g/mol. The number of para-hydroxylation sites is 1. The molecular weight excluding hydrogens is 366 g/mol. The van der Waals surface area contributed by atoms with Gasteiger partial charge in [-0.05, 0) is 36.4 Å². The number of amides is 3. The van der Waals surface area contributed by atoms with Crippen molar-refractivity contribution in [1.29, 1.82) is 0 Å². The second kappa shape index (κ2) is 9.72. The quantitative estimate of drug-likeness (QED) is 0.634. The topological polar surface area (TPSA) is 96.5 Å². The van der Waals surface area contributed by atoms with Crippen molar-refractivity contribution in [2.24, 2.45) is 5.92 Å². The fourth-order valence-corrected chi connectivity index (χ4v) is 2.97. The Hall–Kier alpha value is -2.87. The molecule has 0 unspecified atom stereocenters. The lowest BCUT2D eigenvalue weighted by Gasteiger charge is -2.22. The Labute approximate surface area is 162 Å². The van der Waals surface area contributed by atoms with Crippen LogP contribution in [0.3, 0.4) is 0 Å². The summed E-state index contributed by atoms with van der Waals surface area (Å²) in [5.41, 5.74) is 5.08. The van der Waals surface area contributed by atoms with E-state index in [-0.39, 0.29) is 5.92 Å². The lowest BCUT2D eigenvalue weighted by Crippen LogP contribution is -2.54. The summed E-state index contributed by atoms with van der Waals surface area (Å²) in [7, 11) is 0. The predicted octanol–water partition coefficient (Wildman–Crippen LogP) is 2.36. The van der Waals surface area contributed by atoms with Gasteiger partial charge in [0, 0.05) is 0 Å². The van der Waals surface area contributed by atoms with Gasteiger partial charge in [0.2, 0.25) is 0 Å². The fourth-order valence-electron chi connectivity index (χ4n) is 2.36. The summed E-state index contributed by atoms with van der Waals surface area (Å²) in [6.07, 6.45) is 0. The van der Waals surface area contributed by atoms with E-state index < -0.39 is 23.8 Å². The van der Waals surface area contributed by atoms with Crippen LogP contribution in [0.4, 0.5) is 0 Å². The molecule has 1 aromatic carbocycles. The number of carbonyl (C=O) groups excluding carboxylic acids is 3. The molecule has 0 radical (unpaired) electrons. The second-order valence-electron chi connectivity index (χ2n) is 6.04. The molecule has 1 aromatic heterocycles. The van der Waals surface area contributed by atoms with Gasteiger partial charge >= 0.3 is 0 Å². The number of thiophene rings is 1. The molecule has 2 aromatic rings. The first kappa shape index (κ1) is 20.4. The SMILES string of the molecule is CCOc1ccccc1C(=O)N[C@H](C(=O)NNC(=O)c1cccs1)C(C)C. The third-order valence-electron chi connectivity index (χ3n) is 3.71. The highest BCUT2D eigenvalue weighted by molar-refractivity contribution is 7.12. The molecular formula is C19H23N3O4S. The summed E-state index contributed by atoms with van der Waals surface area (Å²) in [5.74, 6) is -1.07. The molecule has 0 spiro atoms. The standard InChI is InChI=1S/C19H23N3O4S/c1-4-26-14-9-6-5-8-13(14)17(23)20-16(12(2)3)19(25)22-21-18(24)15-10-7-11-27-15/h5-12,16H,4H2,1-3H3,(H,20,23)(H,21,24)(H,22,25)/t16-/m0/s1. The smallest absolute Gasteiger partial charge is 0.279 e. The average Bonchev–Trinajstić information content (AvgIpc) is 3.19. The van der Waals surface area contributed by atoms with Crippen molar-refractivity contribution in [1.82, 2.24) is 16.2 Å². The molecule has 0 aliphatic heterocycles. The summed E-state index contributed by atoms with van der Waals surface area (Å²) in [4.78, 5) is 37.5. The van der Waals surface area contributed by atoms with E-state index in [9.17, 15) is 14.4 Å². The molecule has 1 atom stereocenters. The van der Waals surface area contributed by atoms with Crippen molar-refractivity contribution >= 4 is 29.1 Å². The first-order valence-corrected chi connectivity index (χ1v) is 9.48. The van der Waals surface area contributed by atoms with Crippen LogP contribution in [-0.4, -0.2) is 30.4 Å². The highest BCUT2D eigenvalue weighted by atomic mass is 32.1. The van der Waals surface area contributed by atoms with Crippen LogP contribution in [0.1, 0.15) is 40.8 Å². The fraction of sp³-hybridized carbons (Fsp3) is 0.316. The third kappa shape index (κ3) is 5.55. The summed E-state index contributed by atoms with van der Waals surface area (Å²) >= 11 is 1.26. The van der Waals surface area contributed by atoms with Crippen molar-refractivity contribution in [2.45, 2.75) is 26.8 Å².